The maximum Gasteiger partial charge on any atom is 0.252 e. The quantitative estimate of drug-likeness (QED) is 0.667. The number of ether oxygens (including phenoxy) is 1. The number of aliphatic hydroxyl groups excluding tert-OH is 1. The van der Waals surface area contributed by atoms with Gasteiger partial charge in [0.1, 0.15) is 11.6 Å². The van der Waals surface area contributed by atoms with Gasteiger partial charge in [0.05, 0.1) is 12.7 Å². The highest BCUT2D eigenvalue weighted by Gasteiger charge is 2.07. The molecule has 0 fully saturated rings. The van der Waals surface area contributed by atoms with Crippen molar-refractivity contribution in [2.45, 2.75) is 25.9 Å². The van der Waals surface area contributed by atoms with Crippen molar-refractivity contribution >= 4 is 5.82 Å². The van der Waals surface area contributed by atoms with Gasteiger partial charge in [-0.15, -0.1) is 0 Å². The number of nitrogens with zero attached hydrogens (tertiary/aromatic N) is 1. The second kappa shape index (κ2) is 6.36. The molecular weight excluding hydrogens is 222 g/mol. The minimum atomic E-state index is -0.622. The van der Waals surface area contributed by atoms with E-state index in [1.165, 1.54) is 13.2 Å². The van der Waals surface area contributed by atoms with Crippen LogP contribution in [0.1, 0.15) is 25.6 Å². The standard InChI is InChI=1S/C11H19N3O3/c1-7(2)11-13-9(4-10(16)14-11)12-5-8(15)6-17-3/h4,7-8,15H,5-6H2,1-3H3,(H2,12,13,14,16). The fourth-order valence-electron chi connectivity index (χ4n) is 1.31. The summed E-state index contributed by atoms with van der Waals surface area (Å²) in [6.45, 7) is 4.43. The van der Waals surface area contributed by atoms with Crippen molar-refractivity contribution in [1.82, 2.24) is 9.97 Å². The predicted molar refractivity (Wildman–Crippen MR) is 65.3 cm³/mol. The molecule has 0 aliphatic heterocycles. The first-order chi connectivity index (χ1) is 8.02. The molecule has 0 aliphatic carbocycles. The number of H-pyrrole nitrogens is 1. The Morgan fingerprint density at radius 1 is 1.59 bits per heavy atom. The molecule has 1 rings (SSSR count). The summed E-state index contributed by atoms with van der Waals surface area (Å²) in [5.41, 5.74) is -0.201. The Balaban J connectivity index is 2.68. The summed E-state index contributed by atoms with van der Waals surface area (Å²) in [5.74, 6) is 1.24. The molecule has 1 atom stereocenters. The first kappa shape index (κ1) is 13.7. The lowest BCUT2D eigenvalue weighted by atomic mass is 10.2. The first-order valence-electron chi connectivity index (χ1n) is 5.55. The molecule has 96 valence electrons. The molecule has 1 aromatic rings. The molecule has 0 bridgehead atoms. The Morgan fingerprint density at radius 3 is 2.88 bits per heavy atom. The van der Waals surface area contributed by atoms with Crippen LogP contribution in [0.2, 0.25) is 0 Å². The lowest BCUT2D eigenvalue weighted by Crippen LogP contribution is -2.25. The lowest BCUT2D eigenvalue weighted by molar-refractivity contribution is 0.0727. The van der Waals surface area contributed by atoms with Crippen molar-refractivity contribution in [2.75, 3.05) is 25.6 Å². The van der Waals surface area contributed by atoms with E-state index in [2.05, 4.69) is 15.3 Å². The molecule has 0 radical (unpaired) electrons. The first-order valence-corrected chi connectivity index (χ1v) is 5.55. The van der Waals surface area contributed by atoms with Crippen molar-refractivity contribution in [3.05, 3.63) is 22.2 Å². The van der Waals surface area contributed by atoms with Crippen molar-refractivity contribution < 1.29 is 9.84 Å². The third kappa shape index (κ3) is 4.54. The zero-order chi connectivity index (χ0) is 12.8. The average molecular weight is 241 g/mol. The van der Waals surface area contributed by atoms with Gasteiger partial charge < -0.3 is 20.1 Å². The Bertz CT molecular complexity index is 403. The van der Waals surface area contributed by atoms with E-state index in [9.17, 15) is 9.90 Å². The summed E-state index contributed by atoms with van der Waals surface area (Å²) in [4.78, 5) is 18.3. The number of aliphatic hydroxyl groups is 1. The summed E-state index contributed by atoms with van der Waals surface area (Å²) >= 11 is 0. The topological polar surface area (TPSA) is 87.2 Å². The third-order valence-electron chi connectivity index (χ3n) is 2.18. The molecule has 0 aromatic carbocycles. The summed E-state index contributed by atoms with van der Waals surface area (Å²) in [5, 5.41) is 12.4. The van der Waals surface area contributed by atoms with Gasteiger partial charge >= 0.3 is 0 Å². The molecule has 0 saturated carbocycles. The third-order valence-corrected chi connectivity index (χ3v) is 2.18. The molecule has 6 nitrogen and oxygen atoms in total. The fraction of sp³-hybridized carbons (Fsp3) is 0.636. The smallest absolute Gasteiger partial charge is 0.252 e. The van der Waals surface area contributed by atoms with Crippen LogP contribution < -0.4 is 10.9 Å². The van der Waals surface area contributed by atoms with Gasteiger partial charge in [0, 0.05) is 25.6 Å². The molecule has 1 heterocycles. The van der Waals surface area contributed by atoms with Crippen molar-refractivity contribution in [3.8, 4) is 0 Å². The molecule has 0 spiro atoms. The summed E-state index contributed by atoms with van der Waals surface area (Å²) < 4.78 is 4.80. The minimum absolute atomic E-state index is 0.147. The number of aromatic amines is 1. The molecule has 0 aliphatic rings. The molecule has 6 heteroatoms. The Kier molecular flexibility index (Phi) is 5.11. The van der Waals surface area contributed by atoms with Gasteiger partial charge in [-0.1, -0.05) is 13.8 Å². The number of aromatic nitrogens is 2. The van der Waals surface area contributed by atoms with Gasteiger partial charge in [0.15, 0.2) is 0 Å². The van der Waals surface area contributed by atoms with E-state index < -0.39 is 6.10 Å². The average Bonchev–Trinajstić information content (AvgIpc) is 2.26. The highest BCUT2D eigenvalue weighted by Crippen LogP contribution is 2.08. The van der Waals surface area contributed by atoms with Crippen LogP contribution in [0.25, 0.3) is 0 Å². The van der Waals surface area contributed by atoms with Gasteiger partial charge in [-0.2, -0.15) is 0 Å². The Hall–Kier alpha value is -1.40. The maximum atomic E-state index is 11.4. The largest absolute Gasteiger partial charge is 0.389 e. The number of hydrogen-bond acceptors (Lipinski definition) is 5. The Labute approximate surface area is 100 Å². The molecule has 0 amide bonds. The van der Waals surface area contributed by atoms with Gasteiger partial charge in [-0.3, -0.25) is 4.79 Å². The molecule has 1 unspecified atom stereocenters. The maximum absolute atomic E-state index is 11.4. The van der Waals surface area contributed by atoms with Gasteiger partial charge in [0.2, 0.25) is 0 Å². The van der Waals surface area contributed by atoms with E-state index in [1.807, 2.05) is 13.8 Å². The van der Waals surface area contributed by atoms with Crippen molar-refractivity contribution in [1.29, 1.82) is 0 Å². The minimum Gasteiger partial charge on any atom is -0.389 e. The van der Waals surface area contributed by atoms with Crippen LogP contribution in [-0.4, -0.2) is 41.4 Å². The van der Waals surface area contributed by atoms with Crippen LogP contribution in [0.3, 0.4) is 0 Å². The fourth-order valence-corrected chi connectivity index (χ4v) is 1.31. The van der Waals surface area contributed by atoms with E-state index in [0.29, 0.717) is 18.2 Å². The van der Waals surface area contributed by atoms with Crippen molar-refractivity contribution in [2.24, 2.45) is 0 Å². The van der Waals surface area contributed by atoms with Gasteiger partial charge in [-0.25, -0.2) is 4.98 Å². The highest BCUT2D eigenvalue weighted by molar-refractivity contribution is 5.33. The summed E-state index contributed by atoms with van der Waals surface area (Å²) in [7, 11) is 1.52. The monoisotopic (exact) mass is 241 g/mol. The number of hydrogen-bond donors (Lipinski definition) is 3. The summed E-state index contributed by atoms with van der Waals surface area (Å²) in [6.07, 6.45) is -0.622. The van der Waals surface area contributed by atoms with Crippen LogP contribution in [0, 0.1) is 0 Å². The van der Waals surface area contributed by atoms with Gasteiger partial charge in [0.25, 0.3) is 5.56 Å². The van der Waals surface area contributed by atoms with Crippen LogP contribution >= 0.6 is 0 Å². The number of anilines is 1. The van der Waals surface area contributed by atoms with Crippen LogP contribution in [-0.2, 0) is 4.74 Å². The van der Waals surface area contributed by atoms with Crippen LogP contribution in [0.15, 0.2) is 10.9 Å². The number of nitrogens with one attached hydrogen (secondary N) is 2. The predicted octanol–water partition coefficient (Wildman–Crippen LogP) is 0.312. The van der Waals surface area contributed by atoms with E-state index in [-0.39, 0.29) is 18.1 Å². The van der Waals surface area contributed by atoms with E-state index in [4.69, 9.17) is 4.74 Å². The highest BCUT2D eigenvalue weighted by atomic mass is 16.5. The zero-order valence-corrected chi connectivity index (χ0v) is 10.4. The molecule has 17 heavy (non-hydrogen) atoms. The lowest BCUT2D eigenvalue weighted by Gasteiger charge is -2.12. The van der Waals surface area contributed by atoms with Crippen molar-refractivity contribution in [3.63, 3.8) is 0 Å². The molecule has 0 saturated heterocycles. The zero-order valence-electron chi connectivity index (χ0n) is 10.4. The Morgan fingerprint density at radius 2 is 2.29 bits per heavy atom. The molecular formula is C11H19N3O3. The van der Waals surface area contributed by atoms with E-state index in [0.717, 1.165) is 0 Å². The normalized spacial score (nSPS) is 12.8. The number of methoxy groups -OCH3 is 1. The number of rotatable bonds is 6. The second-order valence-corrected chi connectivity index (χ2v) is 4.16. The van der Waals surface area contributed by atoms with Crippen LogP contribution in [0.5, 0.6) is 0 Å². The van der Waals surface area contributed by atoms with Crippen LogP contribution in [0.4, 0.5) is 5.82 Å². The molecule has 1 aromatic heterocycles. The van der Waals surface area contributed by atoms with Gasteiger partial charge in [-0.05, 0) is 0 Å². The molecule has 3 N–H and O–H groups in total. The van der Waals surface area contributed by atoms with E-state index in [1.54, 1.807) is 0 Å². The van der Waals surface area contributed by atoms with E-state index >= 15 is 0 Å². The summed E-state index contributed by atoms with van der Waals surface area (Å²) in [6, 6.07) is 1.37. The second-order valence-electron chi connectivity index (χ2n) is 4.16. The SMILES string of the molecule is COCC(O)CNc1cc(=O)[nH]c(C(C)C)n1.